The van der Waals surface area contributed by atoms with E-state index in [4.69, 9.17) is 5.73 Å². The van der Waals surface area contributed by atoms with Gasteiger partial charge in [-0.25, -0.2) is 0 Å². The molecule has 0 aromatic heterocycles. The Morgan fingerprint density at radius 2 is 1.93 bits per heavy atom. The van der Waals surface area contributed by atoms with E-state index in [9.17, 15) is 0 Å². The molecular weight excluding hydrogens is 174 g/mol. The normalized spacial score (nSPS) is 29.4. The lowest BCUT2D eigenvalue weighted by Crippen LogP contribution is -2.51. The predicted molar refractivity (Wildman–Crippen MR) is 61.4 cm³/mol. The molecule has 1 saturated heterocycles. The van der Waals surface area contributed by atoms with Gasteiger partial charge in [-0.05, 0) is 39.5 Å². The van der Waals surface area contributed by atoms with Crippen LogP contribution in [0.5, 0.6) is 0 Å². The van der Waals surface area contributed by atoms with Crippen LogP contribution in [0.25, 0.3) is 0 Å². The fourth-order valence-electron chi connectivity index (χ4n) is 2.18. The van der Waals surface area contributed by atoms with Crippen LogP contribution in [0.2, 0.25) is 0 Å². The molecule has 0 amide bonds. The van der Waals surface area contributed by atoms with Crippen LogP contribution in [0, 0.1) is 0 Å². The van der Waals surface area contributed by atoms with Crippen molar-refractivity contribution in [3.8, 4) is 0 Å². The summed E-state index contributed by atoms with van der Waals surface area (Å²) >= 11 is 0. The van der Waals surface area contributed by atoms with Crippen molar-refractivity contribution in [3.05, 3.63) is 0 Å². The minimum atomic E-state index is 0.555. The largest absolute Gasteiger partial charge is 0.370 e. The molecule has 1 rings (SSSR count). The maximum Gasteiger partial charge on any atom is 0.191 e. The number of piperidine rings is 1. The quantitative estimate of drug-likeness (QED) is 0.543. The van der Waals surface area contributed by atoms with E-state index in [-0.39, 0.29) is 0 Å². The molecule has 1 aliphatic heterocycles. The van der Waals surface area contributed by atoms with Gasteiger partial charge in [-0.2, -0.15) is 0 Å². The molecule has 2 N–H and O–H groups in total. The summed E-state index contributed by atoms with van der Waals surface area (Å²) in [4.78, 5) is 6.66. The van der Waals surface area contributed by atoms with Gasteiger partial charge in [0.05, 0.1) is 0 Å². The van der Waals surface area contributed by atoms with Crippen LogP contribution in [0.15, 0.2) is 4.99 Å². The zero-order valence-electron chi connectivity index (χ0n) is 9.66. The Hall–Kier alpha value is -0.730. The molecule has 2 atom stereocenters. The summed E-state index contributed by atoms with van der Waals surface area (Å²) in [5, 5.41) is 0. The van der Waals surface area contributed by atoms with Gasteiger partial charge < -0.3 is 10.6 Å². The standard InChI is InChI=1S/C11H23N3/c1-4-8-13-11(12)14-9(2)6-5-7-10(14)3/h9-10H,4-8H2,1-3H3,(H2,12,13)/t9-,10+. The average molecular weight is 197 g/mol. The van der Waals surface area contributed by atoms with Crippen molar-refractivity contribution in [1.82, 2.24) is 4.90 Å². The van der Waals surface area contributed by atoms with Crippen molar-refractivity contribution < 1.29 is 0 Å². The van der Waals surface area contributed by atoms with Gasteiger partial charge in [-0.15, -0.1) is 0 Å². The maximum atomic E-state index is 5.99. The van der Waals surface area contributed by atoms with Gasteiger partial charge in [0, 0.05) is 18.6 Å². The minimum Gasteiger partial charge on any atom is -0.370 e. The SMILES string of the molecule is CCCN=C(N)N1[C@H](C)CCC[C@@H]1C. The van der Waals surface area contributed by atoms with Crippen LogP contribution in [-0.4, -0.2) is 29.5 Å². The molecular formula is C11H23N3. The summed E-state index contributed by atoms with van der Waals surface area (Å²) in [6.07, 6.45) is 4.87. The van der Waals surface area contributed by atoms with E-state index in [0.29, 0.717) is 12.1 Å². The molecule has 3 heteroatoms. The number of guanidine groups is 1. The van der Waals surface area contributed by atoms with Gasteiger partial charge in [0.2, 0.25) is 0 Å². The van der Waals surface area contributed by atoms with E-state index < -0.39 is 0 Å². The third kappa shape index (κ3) is 2.63. The Kier molecular flexibility index (Phi) is 4.23. The van der Waals surface area contributed by atoms with E-state index in [1.165, 1.54) is 19.3 Å². The smallest absolute Gasteiger partial charge is 0.191 e. The number of rotatable bonds is 2. The van der Waals surface area contributed by atoms with E-state index in [1.54, 1.807) is 0 Å². The van der Waals surface area contributed by atoms with Crippen molar-refractivity contribution in [3.63, 3.8) is 0 Å². The first kappa shape index (κ1) is 11.3. The van der Waals surface area contributed by atoms with E-state index in [1.807, 2.05) is 0 Å². The van der Waals surface area contributed by atoms with Crippen LogP contribution in [0.1, 0.15) is 46.5 Å². The first-order valence-corrected chi connectivity index (χ1v) is 5.75. The Balaban J connectivity index is 2.62. The van der Waals surface area contributed by atoms with Crippen molar-refractivity contribution in [2.45, 2.75) is 58.5 Å². The van der Waals surface area contributed by atoms with Crippen LogP contribution in [-0.2, 0) is 0 Å². The van der Waals surface area contributed by atoms with Gasteiger partial charge in [0.1, 0.15) is 0 Å². The van der Waals surface area contributed by atoms with Crippen molar-refractivity contribution >= 4 is 5.96 Å². The minimum absolute atomic E-state index is 0.555. The zero-order chi connectivity index (χ0) is 10.6. The second kappa shape index (κ2) is 5.23. The first-order chi connectivity index (χ1) is 6.66. The highest BCUT2D eigenvalue weighted by atomic mass is 15.3. The summed E-state index contributed by atoms with van der Waals surface area (Å²) in [7, 11) is 0. The summed E-state index contributed by atoms with van der Waals surface area (Å²) in [5.41, 5.74) is 5.99. The van der Waals surface area contributed by atoms with Crippen LogP contribution in [0.3, 0.4) is 0 Å². The fraction of sp³-hybridized carbons (Fsp3) is 0.909. The maximum absolute atomic E-state index is 5.99. The Morgan fingerprint density at radius 1 is 1.36 bits per heavy atom. The highest BCUT2D eigenvalue weighted by molar-refractivity contribution is 5.78. The number of likely N-dealkylation sites (tertiary alicyclic amines) is 1. The Labute approximate surface area is 87.4 Å². The number of aliphatic imine (C=N–C) groups is 1. The molecule has 0 aromatic rings. The summed E-state index contributed by atoms with van der Waals surface area (Å²) in [6, 6.07) is 1.11. The molecule has 1 heterocycles. The molecule has 0 aromatic carbocycles. The summed E-state index contributed by atoms with van der Waals surface area (Å²) < 4.78 is 0. The van der Waals surface area contributed by atoms with Gasteiger partial charge in [-0.3, -0.25) is 4.99 Å². The molecule has 1 fully saturated rings. The highest BCUT2D eigenvalue weighted by Crippen LogP contribution is 2.21. The van der Waals surface area contributed by atoms with E-state index in [0.717, 1.165) is 18.9 Å². The molecule has 82 valence electrons. The van der Waals surface area contributed by atoms with Crippen LogP contribution in [0.4, 0.5) is 0 Å². The second-order valence-corrected chi connectivity index (χ2v) is 4.28. The lowest BCUT2D eigenvalue weighted by Gasteiger charge is -2.39. The first-order valence-electron chi connectivity index (χ1n) is 5.75. The fourth-order valence-corrected chi connectivity index (χ4v) is 2.18. The van der Waals surface area contributed by atoms with Crippen LogP contribution < -0.4 is 5.73 Å². The lowest BCUT2D eigenvalue weighted by molar-refractivity contribution is 0.189. The van der Waals surface area contributed by atoms with Gasteiger partial charge in [0.25, 0.3) is 0 Å². The summed E-state index contributed by atoms with van der Waals surface area (Å²) in [6.45, 7) is 7.45. The lowest BCUT2D eigenvalue weighted by atomic mass is 9.98. The van der Waals surface area contributed by atoms with Crippen molar-refractivity contribution in [2.24, 2.45) is 10.7 Å². The van der Waals surface area contributed by atoms with E-state index in [2.05, 4.69) is 30.7 Å². The topological polar surface area (TPSA) is 41.6 Å². The Morgan fingerprint density at radius 3 is 2.43 bits per heavy atom. The average Bonchev–Trinajstić information content (AvgIpc) is 2.14. The number of hydrogen-bond acceptors (Lipinski definition) is 1. The Bertz CT molecular complexity index is 191. The van der Waals surface area contributed by atoms with Gasteiger partial charge in [0.15, 0.2) is 5.96 Å². The van der Waals surface area contributed by atoms with E-state index >= 15 is 0 Å². The molecule has 0 saturated carbocycles. The predicted octanol–water partition coefficient (Wildman–Crippen LogP) is 1.97. The number of hydrogen-bond donors (Lipinski definition) is 1. The van der Waals surface area contributed by atoms with Crippen molar-refractivity contribution in [1.29, 1.82) is 0 Å². The molecule has 0 bridgehead atoms. The number of nitrogens with zero attached hydrogens (tertiary/aromatic N) is 2. The third-order valence-corrected chi connectivity index (χ3v) is 2.96. The third-order valence-electron chi connectivity index (χ3n) is 2.96. The van der Waals surface area contributed by atoms with Gasteiger partial charge >= 0.3 is 0 Å². The van der Waals surface area contributed by atoms with Crippen LogP contribution >= 0.6 is 0 Å². The highest BCUT2D eigenvalue weighted by Gasteiger charge is 2.25. The molecule has 0 unspecified atom stereocenters. The molecule has 3 nitrogen and oxygen atoms in total. The zero-order valence-corrected chi connectivity index (χ0v) is 9.66. The van der Waals surface area contributed by atoms with Gasteiger partial charge in [-0.1, -0.05) is 6.92 Å². The molecule has 14 heavy (non-hydrogen) atoms. The number of nitrogens with two attached hydrogens (primary N) is 1. The van der Waals surface area contributed by atoms with Crippen molar-refractivity contribution in [2.75, 3.05) is 6.54 Å². The monoisotopic (exact) mass is 197 g/mol. The molecule has 0 radical (unpaired) electrons. The summed E-state index contributed by atoms with van der Waals surface area (Å²) in [5.74, 6) is 0.742. The second-order valence-electron chi connectivity index (χ2n) is 4.28. The molecule has 1 aliphatic rings. The molecule has 0 aliphatic carbocycles. The molecule has 0 spiro atoms.